The van der Waals surface area contributed by atoms with E-state index in [1.807, 2.05) is 48.5 Å². The molecular formula is C26H24N2O7. The molecule has 9 heteroatoms. The number of aromatic hydroxyl groups is 2. The first-order chi connectivity index (χ1) is 16.8. The minimum atomic E-state index is -1.24. The molecule has 0 aromatic heterocycles. The highest BCUT2D eigenvalue weighted by molar-refractivity contribution is 5.88. The van der Waals surface area contributed by atoms with E-state index in [4.69, 9.17) is 9.84 Å². The molecule has 0 fully saturated rings. The van der Waals surface area contributed by atoms with Crippen LogP contribution in [0.5, 0.6) is 11.5 Å². The Morgan fingerprint density at radius 1 is 0.886 bits per heavy atom. The highest BCUT2D eigenvalue weighted by atomic mass is 16.5. The lowest BCUT2D eigenvalue weighted by Gasteiger charge is -2.20. The maximum Gasteiger partial charge on any atom is 0.407 e. The van der Waals surface area contributed by atoms with Gasteiger partial charge >= 0.3 is 12.1 Å². The highest BCUT2D eigenvalue weighted by Gasteiger charge is 2.30. The molecular weight excluding hydrogens is 452 g/mol. The molecule has 0 spiro atoms. The standard InChI is InChI=1S/C26H24N2O7/c29-22-10-9-15(12-23(22)30)11-21(25(33)27-13-24(31)32)28-26(34)35-14-20-18-7-3-1-5-16(18)17-6-2-4-8-19(17)20/h1-10,12,20-21,29-30H,11,13-14H2,(H,27,33)(H,28,34)(H,31,32)/t21-/m0/s1. The first-order valence-electron chi connectivity index (χ1n) is 11.0. The lowest BCUT2D eigenvalue weighted by molar-refractivity contribution is -0.138. The minimum Gasteiger partial charge on any atom is -0.504 e. The van der Waals surface area contributed by atoms with Gasteiger partial charge in [0.25, 0.3) is 0 Å². The Morgan fingerprint density at radius 3 is 2.11 bits per heavy atom. The van der Waals surface area contributed by atoms with Gasteiger partial charge in [0.1, 0.15) is 19.2 Å². The molecule has 1 aliphatic carbocycles. The number of carbonyl (C=O) groups excluding carboxylic acids is 2. The fourth-order valence-corrected chi connectivity index (χ4v) is 4.21. The second-order valence-electron chi connectivity index (χ2n) is 8.16. The number of fused-ring (bicyclic) bond motifs is 3. The normalized spacial score (nSPS) is 12.8. The summed E-state index contributed by atoms with van der Waals surface area (Å²) in [6.07, 6.45) is -0.908. The van der Waals surface area contributed by atoms with Gasteiger partial charge < -0.3 is 30.7 Å². The molecule has 0 saturated carbocycles. The van der Waals surface area contributed by atoms with E-state index in [1.165, 1.54) is 18.2 Å². The van der Waals surface area contributed by atoms with Gasteiger partial charge in [-0.1, -0.05) is 54.6 Å². The van der Waals surface area contributed by atoms with Crippen LogP contribution < -0.4 is 10.6 Å². The Balaban J connectivity index is 1.46. The van der Waals surface area contributed by atoms with Crippen molar-refractivity contribution in [2.24, 2.45) is 0 Å². The quantitative estimate of drug-likeness (QED) is 0.314. The number of benzene rings is 3. The maximum atomic E-state index is 12.7. The lowest BCUT2D eigenvalue weighted by atomic mass is 9.98. The van der Waals surface area contributed by atoms with E-state index < -0.39 is 30.6 Å². The van der Waals surface area contributed by atoms with E-state index in [0.29, 0.717) is 5.56 Å². The zero-order chi connectivity index (χ0) is 24.9. The molecule has 5 N–H and O–H groups in total. The number of alkyl carbamates (subject to hydrolysis) is 1. The van der Waals surface area contributed by atoms with Gasteiger partial charge in [0, 0.05) is 12.3 Å². The van der Waals surface area contributed by atoms with Gasteiger partial charge in [0.15, 0.2) is 11.5 Å². The third kappa shape index (κ3) is 5.35. The molecule has 0 radical (unpaired) electrons. The van der Waals surface area contributed by atoms with Gasteiger partial charge in [-0.3, -0.25) is 9.59 Å². The number of nitrogens with one attached hydrogen (secondary N) is 2. The largest absolute Gasteiger partial charge is 0.504 e. The second-order valence-corrected chi connectivity index (χ2v) is 8.16. The number of carboxylic acid groups (broad SMARTS) is 1. The number of phenols is 2. The van der Waals surface area contributed by atoms with Gasteiger partial charge in [-0.15, -0.1) is 0 Å². The number of hydrogen-bond acceptors (Lipinski definition) is 6. The van der Waals surface area contributed by atoms with Gasteiger partial charge in [-0.2, -0.15) is 0 Å². The number of ether oxygens (including phenoxy) is 1. The summed E-state index contributed by atoms with van der Waals surface area (Å²) in [4.78, 5) is 36.1. The van der Waals surface area contributed by atoms with Crippen LogP contribution in [0.15, 0.2) is 66.7 Å². The van der Waals surface area contributed by atoms with Crippen molar-refractivity contribution in [2.75, 3.05) is 13.2 Å². The Labute approximate surface area is 201 Å². The van der Waals surface area contributed by atoms with Gasteiger partial charge in [-0.25, -0.2) is 4.79 Å². The molecule has 4 rings (SSSR count). The molecule has 0 heterocycles. The van der Waals surface area contributed by atoms with Crippen molar-refractivity contribution in [3.63, 3.8) is 0 Å². The van der Waals surface area contributed by atoms with Crippen molar-refractivity contribution in [3.8, 4) is 22.6 Å². The number of carboxylic acids is 1. The summed E-state index contributed by atoms with van der Waals surface area (Å²) in [5.74, 6) is -2.84. The number of rotatable bonds is 8. The van der Waals surface area contributed by atoms with Gasteiger partial charge in [0.2, 0.25) is 5.91 Å². The fourth-order valence-electron chi connectivity index (χ4n) is 4.21. The van der Waals surface area contributed by atoms with Crippen LogP contribution in [0.25, 0.3) is 11.1 Å². The average Bonchev–Trinajstić information content (AvgIpc) is 3.17. The highest BCUT2D eigenvalue weighted by Crippen LogP contribution is 2.44. The number of aliphatic carboxylic acids is 1. The Kier molecular flexibility index (Phi) is 6.86. The van der Waals surface area contributed by atoms with E-state index in [2.05, 4.69) is 10.6 Å². The molecule has 9 nitrogen and oxygen atoms in total. The predicted molar refractivity (Wildman–Crippen MR) is 126 cm³/mol. The topological polar surface area (TPSA) is 145 Å². The summed E-state index contributed by atoms with van der Waals surface area (Å²) in [7, 11) is 0. The van der Waals surface area contributed by atoms with Crippen LogP contribution in [0.4, 0.5) is 4.79 Å². The van der Waals surface area contributed by atoms with E-state index in [1.54, 1.807) is 0 Å². The molecule has 0 saturated heterocycles. The zero-order valence-electron chi connectivity index (χ0n) is 18.6. The van der Waals surface area contributed by atoms with Crippen LogP contribution in [0.2, 0.25) is 0 Å². The molecule has 0 unspecified atom stereocenters. The van der Waals surface area contributed by atoms with Gasteiger partial charge in [0.05, 0.1) is 0 Å². The third-order valence-electron chi connectivity index (χ3n) is 5.85. The van der Waals surface area contributed by atoms with Crippen LogP contribution in [-0.2, 0) is 20.7 Å². The number of amides is 2. The number of hydrogen-bond donors (Lipinski definition) is 5. The molecule has 3 aromatic carbocycles. The van der Waals surface area contributed by atoms with Crippen molar-refractivity contribution in [1.82, 2.24) is 10.6 Å². The number of phenolic OH excluding ortho intramolecular Hbond substituents is 2. The summed E-state index contributed by atoms with van der Waals surface area (Å²) >= 11 is 0. The Morgan fingerprint density at radius 2 is 1.51 bits per heavy atom. The minimum absolute atomic E-state index is 0.0450. The van der Waals surface area contributed by atoms with Crippen LogP contribution >= 0.6 is 0 Å². The van der Waals surface area contributed by atoms with Crippen LogP contribution in [0.1, 0.15) is 22.6 Å². The summed E-state index contributed by atoms with van der Waals surface area (Å²) in [5.41, 5.74) is 4.67. The van der Waals surface area contributed by atoms with Crippen LogP contribution in [0.3, 0.4) is 0 Å². The molecule has 1 aliphatic rings. The van der Waals surface area contributed by atoms with Crippen molar-refractivity contribution in [2.45, 2.75) is 18.4 Å². The van der Waals surface area contributed by atoms with Crippen molar-refractivity contribution in [1.29, 1.82) is 0 Å². The monoisotopic (exact) mass is 476 g/mol. The van der Waals surface area contributed by atoms with E-state index >= 15 is 0 Å². The van der Waals surface area contributed by atoms with Crippen LogP contribution in [0, 0.1) is 0 Å². The van der Waals surface area contributed by atoms with Crippen LogP contribution in [-0.4, -0.2) is 52.5 Å². The van der Waals surface area contributed by atoms with Gasteiger partial charge in [-0.05, 0) is 39.9 Å². The van der Waals surface area contributed by atoms with Crippen molar-refractivity contribution < 1.29 is 34.4 Å². The summed E-state index contributed by atoms with van der Waals surface area (Å²) in [5, 5.41) is 32.8. The maximum absolute atomic E-state index is 12.7. The first-order valence-corrected chi connectivity index (χ1v) is 11.0. The predicted octanol–water partition coefficient (Wildman–Crippen LogP) is 2.75. The fraction of sp³-hybridized carbons (Fsp3) is 0.192. The van der Waals surface area contributed by atoms with E-state index in [9.17, 15) is 24.6 Å². The summed E-state index contributed by atoms with van der Waals surface area (Å²) in [6.45, 7) is -0.578. The summed E-state index contributed by atoms with van der Waals surface area (Å²) < 4.78 is 5.49. The molecule has 180 valence electrons. The Bertz CT molecular complexity index is 1230. The second kappa shape index (κ2) is 10.2. The Hall–Kier alpha value is -4.53. The molecule has 3 aromatic rings. The SMILES string of the molecule is O=C(O)CNC(=O)[C@H](Cc1ccc(O)c(O)c1)NC(=O)OCC1c2ccccc2-c2ccccc21. The molecule has 0 bridgehead atoms. The zero-order valence-corrected chi connectivity index (χ0v) is 18.6. The third-order valence-corrected chi connectivity index (χ3v) is 5.85. The first kappa shape index (κ1) is 23.6. The lowest BCUT2D eigenvalue weighted by Crippen LogP contribution is -2.49. The van der Waals surface area contributed by atoms with E-state index in [-0.39, 0.29) is 30.4 Å². The number of carbonyl (C=O) groups is 3. The summed E-state index contributed by atoms with van der Waals surface area (Å²) in [6, 6.07) is 18.6. The molecule has 2 amide bonds. The van der Waals surface area contributed by atoms with E-state index in [0.717, 1.165) is 22.3 Å². The van der Waals surface area contributed by atoms with Crippen molar-refractivity contribution >= 4 is 18.0 Å². The smallest absolute Gasteiger partial charge is 0.407 e. The molecule has 1 atom stereocenters. The average molecular weight is 476 g/mol. The molecule has 0 aliphatic heterocycles. The van der Waals surface area contributed by atoms with Crippen molar-refractivity contribution in [3.05, 3.63) is 83.4 Å². The molecule has 35 heavy (non-hydrogen) atoms.